The van der Waals surface area contributed by atoms with E-state index in [-0.39, 0.29) is 24.5 Å². The van der Waals surface area contributed by atoms with E-state index in [2.05, 4.69) is 5.32 Å². The molecular formula is C26H34N2O3. The third-order valence-corrected chi connectivity index (χ3v) is 5.95. The van der Waals surface area contributed by atoms with Crippen LogP contribution in [-0.4, -0.2) is 41.9 Å². The van der Waals surface area contributed by atoms with Crippen molar-refractivity contribution in [3.05, 3.63) is 65.7 Å². The van der Waals surface area contributed by atoms with Crippen LogP contribution < -0.4 is 10.1 Å². The average Bonchev–Trinajstić information content (AvgIpc) is 2.79. The van der Waals surface area contributed by atoms with Crippen LogP contribution in [0, 0.1) is 6.92 Å². The summed E-state index contributed by atoms with van der Waals surface area (Å²) in [4.78, 5) is 27.7. The zero-order chi connectivity index (χ0) is 22.1. The van der Waals surface area contributed by atoms with Gasteiger partial charge in [-0.1, -0.05) is 61.7 Å². The Morgan fingerprint density at radius 1 is 1.06 bits per heavy atom. The molecule has 3 rings (SSSR count). The van der Waals surface area contributed by atoms with Crippen LogP contribution in [0.1, 0.15) is 50.2 Å². The standard InChI is InChI=1S/C26H34N2O3/c1-20-10-9-15-24(18-20)31-19-25(29)28(17-16-22-11-5-3-6-12-22)21(2)26(30)27-23-13-7-4-8-14-23/h3,5-6,9-12,15,18,21,23H,4,7-8,13-14,16-17,19H2,1-2H3,(H,27,30). The van der Waals surface area contributed by atoms with E-state index in [1.165, 1.54) is 6.42 Å². The number of ether oxygens (including phenoxy) is 1. The minimum absolute atomic E-state index is 0.0798. The lowest BCUT2D eigenvalue weighted by Gasteiger charge is -2.31. The van der Waals surface area contributed by atoms with Crippen molar-refractivity contribution < 1.29 is 14.3 Å². The predicted molar refractivity (Wildman–Crippen MR) is 123 cm³/mol. The first-order valence-electron chi connectivity index (χ1n) is 11.4. The Bertz CT molecular complexity index is 847. The summed E-state index contributed by atoms with van der Waals surface area (Å²) in [6.07, 6.45) is 6.28. The quantitative estimate of drug-likeness (QED) is 0.656. The molecule has 2 aromatic rings. The maximum absolute atomic E-state index is 13.1. The van der Waals surface area contributed by atoms with Gasteiger partial charge in [-0.05, 0) is 56.4 Å². The van der Waals surface area contributed by atoms with Gasteiger partial charge in [0.2, 0.25) is 5.91 Å². The molecule has 5 nitrogen and oxygen atoms in total. The van der Waals surface area contributed by atoms with E-state index in [4.69, 9.17) is 4.74 Å². The third-order valence-electron chi connectivity index (χ3n) is 5.95. The van der Waals surface area contributed by atoms with Gasteiger partial charge < -0.3 is 15.0 Å². The number of hydrogen-bond acceptors (Lipinski definition) is 3. The summed E-state index contributed by atoms with van der Waals surface area (Å²) in [5.41, 5.74) is 2.21. The van der Waals surface area contributed by atoms with Crippen molar-refractivity contribution in [3.63, 3.8) is 0 Å². The lowest BCUT2D eigenvalue weighted by atomic mass is 9.95. The van der Waals surface area contributed by atoms with Gasteiger partial charge in [-0.15, -0.1) is 0 Å². The van der Waals surface area contributed by atoms with Crippen LogP contribution in [0.25, 0.3) is 0 Å². The summed E-state index contributed by atoms with van der Waals surface area (Å²) in [5.74, 6) is 0.406. The highest BCUT2D eigenvalue weighted by molar-refractivity contribution is 5.88. The number of carbonyl (C=O) groups excluding carboxylic acids is 2. The molecule has 1 unspecified atom stereocenters. The highest BCUT2D eigenvalue weighted by Gasteiger charge is 2.28. The van der Waals surface area contributed by atoms with Crippen molar-refractivity contribution in [1.29, 1.82) is 0 Å². The Labute approximate surface area is 185 Å². The summed E-state index contributed by atoms with van der Waals surface area (Å²) in [7, 11) is 0. The molecule has 166 valence electrons. The molecule has 0 aliphatic heterocycles. The second-order valence-electron chi connectivity index (χ2n) is 8.45. The molecule has 1 N–H and O–H groups in total. The highest BCUT2D eigenvalue weighted by atomic mass is 16.5. The molecule has 1 atom stereocenters. The van der Waals surface area contributed by atoms with Crippen LogP contribution in [0.5, 0.6) is 5.75 Å². The second-order valence-corrected chi connectivity index (χ2v) is 8.45. The van der Waals surface area contributed by atoms with Crippen molar-refractivity contribution in [3.8, 4) is 5.75 Å². The van der Waals surface area contributed by atoms with Gasteiger partial charge in [0.15, 0.2) is 6.61 Å². The number of carbonyl (C=O) groups is 2. The molecule has 1 saturated carbocycles. The van der Waals surface area contributed by atoms with Crippen molar-refractivity contribution in [2.24, 2.45) is 0 Å². The van der Waals surface area contributed by atoms with Gasteiger partial charge in [-0.3, -0.25) is 9.59 Å². The SMILES string of the molecule is Cc1cccc(OCC(=O)N(CCc2ccccc2)C(C)C(=O)NC2CCCCC2)c1. The monoisotopic (exact) mass is 422 g/mol. The number of hydrogen-bond donors (Lipinski definition) is 1. The molecule has 2 aromatic carbocycles. The number of nitrogens with one attached hydrogen (secondary N) is 1. The van der Waals surface area contributed by atoms with E-state index in [0.29, 0.717) is 18.7 Å². The molecule has 1 fully saturated rings. The Morgan fingerprint density at radius 3 is 2.52 bits per heavy atom. The lowest BCUT2D eigenvalue weighted by Crippen LogP contribution is -2.52. The van der Waals surface area contributed by atoms with Crippen molar-refractivity contribution in [2.75, 3.05) is 13.2 Å². The molecule has 1 aliphatic carbocycles. The number of rotatable bonds is 9. The summed E-state index contributed by atoms with van der Waals surface area (Å²) in [6.45, 7) is 4.19. The van der Waals surface area contributed by atoms with E-state index < -0.39 is 6.04 Å². The van der Waals surface area contributed by atoms with E-state index in [0.717, 1.165) is 36.8 Å². The molecule has 0 saturated heterocycles. The summed E-state index contributed by atoms with van der Waals surface area (Å²) in [6, 6.07) is 17.3. The van der Waals surface area contributed by atoms with Crippen LogP contribution in [0.2, 0.25) is 0 Å². The molecule has 5 heteroatoms. The second kappa shape index (κ2) is 11.5. The first-order chi connectivity index (χ1) is 15.0. The van der Waals surface area contributed by atoms with Gasteiger partial charge >= 0.3 is 0 Å². The largest absolute Gasteiger partial charge is 0.484 e. The number of aryl methyl sites for hydroxylation is 1. The van der Waals surface area contributed by atoms with E-state index in [1.54, 1.807) is 4.90 Å². The molecule has 1 aliphatic rings. The molecule has 0 spiro atoms. The normalized spacial score (nSPS) is 15.2. The van der Waals surface area contributed by atoms with E-state index in [1.807, 2.05) is 68.4 Å². The molecular weight excluding hydrogens is 388 g/mol. The summed E-state index contributed by atoms with van der Waals surface area (Å²) >= 11 is 0. The number of amides is 2. The fourth-order valence-corrected chi connectivity index (χ4v) is 4.07. The Morgan fingerprint density at radius 2 is 1.81 bits per heavy atom. The summed E-state index contributed by atoms with van der Waals surface area (Å²) in [5, 5.41) is 3.16. The van der Waals surface area contributed by atoms with Crippen molar-refractivity contribution in [2.45, 2.75) is 64.5 Å². The van der Waals surface area contributed by atoms with E-state index in [9.17, 15) is 9.59 Å². The minimum atomic E-state index is -0.542. The number of nitrogens with zero attached hydrogens (tertiary/aromatic N) is 1. The number of benzene rings is 2. The fraction of sp³-hybridized carbons (Fsp3) is 0.462. The zero-order valence-corrected chi connectivity index (χ0v) is 18.7. The van der Waals surface area contributed by atoms with E-state index >= 15 is 0 Å². The molecule has 31 heavy (non-hydrogen) atoms. The molecule has 2 amide bonds. The van der Waals surface area contributed by atoms with Gasteiger partial charge in [-0.2, -0.15) is 0 Å². The zero-order valence-electron chi connectivity index (χ0n) is 18.7. The van der Waals surface area contributed by atoms with Gasteiger partial charge in [-0.25, -0.2) is 0 Å². The third kappa shape index (κ3) is 7.12. The first-order valence-corrected chi connectivity index (χ1v) is 11.4. The van der Waals surface area contributed by atoms with Gasteiger partial charge in [0.05, 0.1) is 0 Å². The minimum Gasteiger partial charge on any atom is -0.484 e. The van der Waals surface area contributed by atoms with Gasteiger partial charge in [0, 0.05) is 12.6 Å². The average molecular weight is 423 g/mol. The Kier molecular flexibility index (Phi) is 8.51. The maximum Gasteiger partial charge on any atom is 0.261 e. The summed E-state index contributed by atoms with van der Waals surface area (Å²) < 4.78 is 5.74. The lowest BCUT2D eigenvalue weighted by molar-refractivity contribution is -0.141. The van der Waals surface area contributed by atoms with Crippen LogP contribution in [0.15, 0.2) is 54.6 Å². The van der Waals surface area contributed by atoms with Crippen molar-refractivity contribution >= 4 is 11.8 Å². The van der Waals surface area contributed by atoms with Crippen LogP contribution in [0.4, 0.5) is 0 Å². The predicted octanol–water partition coefficient (Wildman–Crippen LogP) is 4.28. The molecule has 0 radical (unpaired) electrons. The first kappa shape index (κ1) is 22.9. The van der Waals surface area contributed by atoms with Crippen LogP contribution in [-0.2, 0) is 16.0 Å². The fourth-order valence-electron chi connectivity index (χ4n) is 4.07. The molecule has 0 aromatic heterocycles. The Balaban J connectivity index is 1.64. The van der Waals surface area contributed by atoms with Gasteiger partial charge in [0.25, 0.3) is 5.91 Å². The molecule has 0 heterocycles. The highest BCUT2D eigenvalue weighted by Crippen LogP contribution is 2.18. The molecule has 0 bridgehead atoms. The van der Waals surface area contributed by atoms with Crippen LogP contribution >= 0.6 is 0 Å². The maximum atomic E-state index is 13.1. The van der Waals surface area contributed by atoms with Crippen molar-refractivity contribution in [1.82, 2.24) is 10.2 Å². The Hall–Kier alpha value is -2.82. The van der Waals surface area contributed by atoms with Gasteiger partial charge in [0.1, 0.15) is 11.8 Å². The topological polar surface area (TPSA) is 58.6 Å². The van der Waals surface area contributed by atoms with Crippen LogP contribution in [0.3, 0.4) is 0 Å². The smallest absolute Gasteiger partial charge is 0.261 e.